The van der Waals surface area contributed by atoms with Crippen molar-refractivity contribution in [2.24, 2.45) is 0 Å². The van der Waals surface area contributed by atoms with Crippen LogP contribution in [0.25, 0.3) is 5.57 Å². The largest absolute Gasteiger partial charge is 0.508 e. The minimum Gasteiger partial charge on any atom is -0.508 e. The lowest BCUT2D eigenvalue weighted by atomic mass is 9.98. The van der Waals surface area contributed by atoms with Crippen LogP contribution in [0.5, 0.6) is 0 Å². The van der Waals surface area contributed by atoms with Crippen molar-refractivity contribution in [1.82, 2.24) is 4.90 Å². The van der Waals surface area contributed by atoms with Gasteiger partial charge in [-0.15, -0.1) is 0 Å². The number of aliphatic hydroxyl groups is 2. The Hall–Kier alpha value is -1.32. The lowest BCUT2D eigenvalue weighted by Crippen LogP contribution is -2.33. The number of fused-ring (bicyclic) bond motifs is 1. The molecule has 3 rings (SSSR count). The van der Waals surface area contributed by atoms with Gasteiger partial charge in [-0.1, -0.05) is 30.3 Å². The van der Waals surface area contributed by atoms with Gasteiger partial charge >= 0.3 is 0 Å². The van der Waals surface area contributed by atoms with E-state index < -0.39 is 6.23 Å². The highest BCUT2D eigenvalue weighted by Gasteiger charge is 2.42. The van der Waals surface area contributed by atoms with E-state index in [-0.39, 0.29) is 11.8 Å². The summed E-state index contributed by atoms with van der Waals surface area (Å²) in [6.45, 7) is 0.867. The molecule has 3 heteroatoms. The zero-order valence-corrected chi connectivity index (χ0v) is 9.00. The van der Waals surface area contributed by atoms with Crippen LogP contribution in [0.15, 0.2) is 36.1 Å². The SMILES string of the molecule is OC1=C(c2ccccc2)C2CCCN2C1O. The van der Waals surface area contributed by atoms with Crippen LogP contribution in [-0.2, 0) is 0 Å². The van der Waals surface area contributed by atoms with Gasteiger partial charge in [0, 0.05) is 18.2 Å². The van der Waals surface area contributed by atoms with Crippen LogP contribution >= 0.6 is 0 Å². The molecule has 0 amide bonds. The Morgan fingerprint density at radius 1 is 1.19 bits per heavy atom. The summed E-state index contributed by atoms with van der Waals surface area (Å²) in [7, 11) is 0. The molecule has 2 atom stereocenters. The first kappa shape index (κ1) is 9.87. The Kier molecular flexibility index (Phi) is 2.23. The Morgan fingerprint density at radius 3 is 2.69 bits per heavy atom. The average molecular weight is 217 g/mol. The fraction of sp³-hybridized carbons (Fsp3) is 0.385. The van der Waals surface area contributed by atoms with Crippen molar-refractivity contribution in [3.63, 3.8) is 0 Å². The Bertz CT molecular complexity index is 427. The molecule has 0 spiro atoms. The van der Waals surface area contributed by atoms with Gasteiger partial charge in [0.15, 0.2) is 6.23 Å². The third-order valence-corrected chi connectivity index (χ3v) is 3.55. The fourth-order valence-electron chi connectivity index (χ4n) is 2.82. The van der Waals surface area contributed by atoms with Crippen molar-refractivity contribution >= 4 is 5.57 Å². The number of rotatable bonds is 1. The second-order valence-electron chi connectivity index (χ2n) is 4.43. The van der Waals surface area contributed by atoms with Crippen LogP contribution in [0.1, 0.15) is 18.4 Å². The summed E-state index contributed by atoms with van der Waals surface area (Å²) >= 11 is 0. The van der Waals surface area contributed by atoms with E-state index in [2.05, 4.69) is 0 Å². The van der Waals surface area contributed by atoms with Crippen molar-refractivity contribution < 1.29 is 10.2 Å². The zero-order valence-electron chi connectivity index (χ0n) is 9.00. The molecular formula is C13H15NO2. The molecule has 2 heterocycles. The molecule has 0 bridgehead atoms. The van der Waals surface area contributed by atoms with Crippen LogP contribution in [0.4, 0.5) is 0 Å². The van der Waals surface area contributed by atoms with Crippen molar-refractivity contribution in [3.8, 4) is 0 Å². The van der Waals surface area contributed by atoms with Crippen LogP contribution in [0.3, 0.4) is 0 Å². The van der Waals surface area contributed by atoms with Gasteiger partial charge < -0.3 is 10.2 Å². The Morgan fingerprint density at radius 2 is 1.94 bits per heavy atom. The highest BCUT2D eigenvalue weighted by molar-refractivity contribution is 5.74. The van der Waals surface area contributed by atoms with Crippen LogP contribution < -0.4 is 0 Å². The molecule has 1 aromatic rings. The van der Waals surface area contributed by atoms with E-state index in [4.69, 9.17) is 0 Å². The monoisotopic (exact) mass is 217 g/mol. The summed E-state index contributed by atoms with van der Waals surface area (Å²) in [5.41, 5.74) is 1.93. The van der Waals surface area contributed by atoms with Gasteiger partial charge in [0.2, 0.25) is 0 Å². The van der Waals surface area contributed by atoms with E-state index in [1.807, 2.05) is 35.2 Å². The molecular weight excluding hydrogens is 202 g/mol. The predicted molar refractivity (Wildman–Crippen MR) is 61.7 cm³/mol. The van der Waals surface area contributed by atoms with E-state index in [1.54, 1.807) is 0 Å². The van der Waals surface area contributed by atoms with E-state index in [1.165, 1.54) is 0 Å². The third-order valence-electron chi connectivity index (χ3n) is 3.55. The van der Waals surface area contributed by atoms with E-state index in [0.717, 1.165) is 30.5 Å². The lowest BCUT2D eigenvalue weighted by molar-refractivity contribution is 0.0245. The van der Waals surface area contributed by atoms with Crippen LogP contribution in [0.2, 0.25) is 0 Å². The Labute approximate surface area is 94.6 Å². The molecule has 1 saturated heterocycles. The van der Waals surface area contributed by atoms with Gasteiger partial charge in [-0.05, 0) is 18.4 Å². The normalized spacial score (nSPS) is 29.8. The molecule has 1 aromatic carbocycles. The molecule has 1 fully saturated rings. The maximum absolute atomic E-state index is 10.0. The number of benzene rings is 1. The van der Waals surface area contributed by atoms with Crippen molar-refractivity contribution in [3.05, 3.63) is 41.7 Å². The maximum atomic E-state index is 10.0. The quantitative estimate of drug-likeness (QED) is 0.753. The average Bonchev–Trinajstić information content (AvgIpc) is 2.86. The third kappa shape index (κ3) is 1.29. The zero-order chi connectivity index (χ0) is 11.1. The highest BCUT2D eigenvalue weighted by Crippen LogP contribution is 2.40. The predicted octanol–water partition coefficient (Wildman–Crippen LogP) is 1.75. The first-order valence-electron chi connectivity index (χ1n) is 5.71. The molecule has 3 nitrogen and oxygen atoms in total. The molecule has 2 aliphatic heterocycles. The van der Waals surface area contributed by atoms with Crippen molar-refractivity contribution in [1.29, 1.82) is 0 Å². The molecule has 16 heavy (non-hydrogen) atoms. The summed E-state index contributed by atoms with van der Waals surface area (Å²) in [5, 5.41) is 19.9. The minimum atomic E-state index is -0.803. The van der Waals surface area contributed by atoms with Gasteiger partial charge in [-0.2, -0.15) is 0 Å². The number of nitrogens with zero attached hydrogens (tertiary/aromatic N) is 1. The standard InChI is InChI=1S/C13H15NO2/c15-12-11(9-5-2-1-3-6-9)10-7-4-8-14(10)13(12)16/h1-3,5-6,10,13,15-16H,4,7-8H2. The number of hydrogen-bond acceptors (Lipinski definition) is 3. The van der Waals surface area contributed by atoms with E-state index in [0.29, 0.717) is 0 Å². The summed E-state index contributed by atoms with van der Waals surface area (Å²) in [6.07, 6.45) is 1.30. The summed E-state index contributed by atoms with van der Waals surface area (Å²) in [5.74, 6) is 0.135. The van der Waals surface area contributed by atoms with Crippen molar-refractivity contribution in [2.45, 2.75) is 25.1 Å². The smallest absolute Gasteiger partial charge is 0.166 e. The summed E-state index contributed by atoms with van der Waals surface area (Å²) in [4.78, 5) is 1.97. The van der Waals surface area contributed by atoms with E-state index >= 15 is 0 Å². The van der Waals surface area contributed by atoms with Gasteiger partial charge in [0.05, 0.1) is 0 Å². The maximum Gasteiger partial charge on any atom is 0.166 e. The summed E-state index contributed by atoms with van der Waals surface area (Å²) in [6, 6.07) is 10.0. The molecule has 0 saturated carbocycles. The molecule has 0 radical (unpaired) electrons. The highest BCUT2D eigenvalue weighted by atomic mass is 16.3. The van der Waals surface area contributed by atoms with Gasteiger partial charge in [-0.3, -0.25) is 4.90 Å². The minimum absolute atomic E-state index is 0.135. The first-order valence-corrected chi connectivity index (χ1v) is 5.71. The van der Waals surface area contributed by atoms with E-state index in [9.17, 15) is 10.2 Å². The van der Waals surface area contributed by atoms with Gasteiger partial charge in [0.25, 0.3) is 0 Å². The molecule has 2 unspecified atom stereocenters. The summed E-state index contributed by atoms with van der Waals surface area (Å²) < 4.78 is 0. The van der Waals surface area contributed by atoms with Crippen molar-refractivity contribution in [2.75, 3.05) is 6.54 Å². The second kappa shape index (κ2) is 3.61. The first-order chi connectivity index (χ1) is 7.79. The Balaban J connectivity index is 2.06. The molecule has 84 valence electrons. The topological polar surface area (TPSA) is 43.7 Å². The lowest BCUT2D eigenvalue weighted by Gasteiger charge is -2.20. The molecule has 0 aromatic heterocycles. The molecule has 2 N–H and O–H groups in total. The van der Waals surface area contributed by atoms with Gasteiger partial charge in [0.1, 0.15) is 5.76 Å². The number of aliphatic hydroxyl groups excluding tert-OH is 2. The second-order valence-corrected chi connectivity index (χ2v) is 4.43. The fourth-order valence-corrected chi connectivity index (χ4v) is 2.82. The van der Waals surface area contributed by atoms with Crippen LogP contribution in [-0.4, -0.2) is 33.9 Å². The molecule has 2 aliphatic rings. The molecule has 0 aliphatic carbocycles. The van der Waals surface area contributed by atoms with Gasteiger partial charge in [-0.25, -0.2) is 0 Å². The van der Waals surface area contributed by atoms with Crippen LogP contribution in [0, 0.1) is 0 Å². The number of hydrogen-bond donors (Lipinski definition) is 2.